The number of aromatic nitrogens is 1. The van der Waals surface area contributed by atoms with E-state index in [0.717, 1.165) is 18.2 Å². The smallest absolute Gasteiger partial charge is 0.416 e. The number of carboxylic acid groups (broad SMARTS) is 1. The van der Waals surface area contributed by atoms with Crippen molar-refractivity contribution in [3.8, 4) is 16.9 Å². The molecule has 0 saturated heterocycles. The van der Waals surface area contributed by atoms with Gasteiger partial charge in [0.1, 0.15) is 22.6 Å². The predicted molar refractivity (Wildman–Crippen MR) is 95.0 cm³/mol. The van der Waals surface area contributed by atoms with Gasteiger partial charge in [-0.3, -0.25) is 4.31 Å². The van der Waals surface area contributed by atoms with E-state index in [0.29, 0.717) is 16.9 Å². The highest BCUT2D eigenvalue weighted by Gasteiger charge is 2.31. The van der Waals surface area contributed by atoms with Crippen molar-refractivity contribution in [2.24, 2.45) is 0 Å². The largest absolute Gasteiger partial charge is 0.481 e. The Kier molecular flexibility index (Phi) is 6.09. The number of carbonyl (C=O) groups is 1. The molecule has 0 aliphatic heterocycles. The number of ether oxygens (including phenoxy) is 1. The number of rotatable bonds is 6. The number of hydrogen-bond donors (Lipinski definition) is 1. The molecule has 10 heteroatoms. The number of alkyl halides is 3. The average molecular weight is 402 g/mol. The molecular weight excluding hydrogens is 385 g/mol. The van der Waals surface area contributed by atoms with E-state index in [9.17, 15) is 22.2 Å². The number of carboxylic acids is 1. The zero-order valence-corrected chi connectivity index (χ0v) is 15.5. The van der Waals surface area contributed by atoms with E-state index in [2.05, 4.69) is 4.98 Å². The van der Waals surface area contributed by atoms with Crippen LogP contribution in [0.3, 0.4) is 0 Å². The Hall–Kier alpha value is -2.62. The van der Waals surface area contributed by atoms with Crippen LogP contribution in [0.5, 0.6) is 5.75 Å². The summed E-state index contributed by atoms with van der Waals surface area (Å²) in [4.78, 5) is 14.9. The molecule has 0 amide bonds. The molecule has 27 heavy (non-hydrogen) atoms. The van der Waals surface area contributed by atoms with E-state index in [1.165, 1.54) is 16.8 Å². The van der Waals surface area contributed by atoms with Gasteiger partial charge < -0.3 is 9.84 Å². The second-order valence-corrected chi connectivity index (χ2v) is 7.07. The van der Waals surface area contributed by atoms with Crippen LogP contribution in [0.25, 0.3) is 11.1 Å². The molecule has 0 aliphatic rings. The number of halogens is 3. The highest BCUT2D eigenvalue weighted by molar-refractivity contribution is 7.85. The molecule has 1 heterocycles. The Balaban J connectivity index is 2.56. The minimum Gasteiger partial charge on any atom is -0.481 e. The van der Waals surface area contributed by atoms with Crippen molar-refractivity contribution in [2.45, 2.75) is 13.1 Å². The van der Waals surface area contributed by atoms with E-state index in [-0.39, 0.29) is 11.3 Å². The van der Waals surface area contributed by atoms with Crippen molar-refractivity contribution in [1.82, 2.24) is 4.98 Å². The summed E-state index contributed by atoms with van der Waals surface area (Å²) in [6.45, 7) is 0.967. The summed E-state index contributed by atoms with van der Waals surface area (Å²) in [7, 11) is 0.256. The van der Waals surface area contributed by atoms with Crippen LogP contribution in [0, 0.1) is 6.92 Å². The lowest BCUT2D eigenvalue weighted by Gasteiger charge is -2.18. The van der Waals surface area contributed by atoms with Gasteiger partial charge in [-0.15, -0.1) is 0 Å². The molecule has 0 saturated carbocycles. The van der Waals surface area contributed by atoms with E-state index in [4.69, 9.17) is 9.84 Å². The number of hydrogen-bond acceptors (Lipinski definition) is 4. The Morgan fingerprint density at radius 2 is 1.96 bits per heavy atom. The first-order valence-electron chi connectivity index (χ1n) is 7.61. The average Bonchev–Trinajstić information content (AvgIpc) is 2.58. The topological polar surface area (TPSA) is 79.7 Å². The Morgan fingerprint density at radius 1 is 1.30 bits per heavy atom. The zero-order chi connectivity index (χ0) is 20.4. The van der Waals surface area contributed by atoms with Crippen LogP contribution < -0.4 is 9.04 Å². The molecule has 2 aromatic rings. The number of nitrogens with zero attached hydrogens (tertiary/aromatic N) is 2. The number of anilines is 1. The van der Waals surface area contributed by atoms with Gasteiger partial charge in [0.05, 0.1) is 5.56 Å². The fourth-order valence-electron chi connectivity index (χ4n) is 2.31. The molecule has 0 fully saturated rings. The van der Waals surface area contributed by atoms with E-state index in [1.54, 1.807) is 20.0 Å². The minimum absolute atomic E-state index is 0.00419. The highest BCUT2D eigenvalue weighted by Crippen LogP contribution is 2.38. The van der Waals surface area contributed by atoms with Crippen molar-refractivity contribution < 1.29 is 32.0 Å². The first kappa shape index (κ1) is 20.7. The third kappa shape index (κ3) is 4.97. The van der Waals surface area contributed by atoms with E-state index >= 15 is 0 Å². The van der Waals surface area contributed by atoms with Crippen molar-refractivity contribution in [1.29, 1.82) is 0 Å². The van der Waals surface area contributed by atoms with Crippen LogP contribution in [0.2, 0.25) is 0 Å². The number of aryl methyl sites for hydroxylation is 1. The molecule has 1 unspecified atom stereocenters. The molecule has 0 aliphatic carbocycles. The summed E-state index contributed by atoms with van der Waals surface area (Å²) >= 11 is 0. The van der Waals surface area contributed by atoms with E-state index < -0.39 is 35.3 Å². The van der Waals surface area contributed by atoms with Crippen molar-refractivity contribution in [3.05, 3.63) is 41.6 Å². The van der Waals surface area contributed by atoms with Crippen LogP contribution >= 0.6 is 0 Å². The lowest BCUT2D eigenvalue weighted by atomic mass is 9.99. The van der Waals surface area contributed by atoms with Crippen molar-refractivity contribution in [2.75, 3.05) is 24.2 Å². The molecule has 0 radical (unpaired) electrons. The van der Waals surface area contributed by atoms with Gasteiger partial charge in [-0.1, -0.05) is 0 Å². The third-order valence-electron chi connectivity index (χ3n) is 3.75. The zero-order valence-electron chi connectivity index (χ0n) is 14.7. The molecule has 6 nitrogen and oxygen atoms in total. The minimum atomic E-state index is -4.57. The highest BCUT2D eigenvalue weighted by atomic mass is 32.2. The first-order valence-corrected chi connectivity index (χ1v) is 9.12. The number of pyridine rings is 1. The molecule has 1 atom stereocenters. The maximum Gasteiger partial charge on any atom is 0.416 e. The van der Waals surface area contributed by atoms with Crippen molar-refractivity contribution in [3.63, 3.8) is 0 Å². The molecule has 146 valence electrons. The molecular formula is C17H17F3N2O4S. The van der Waals surface area contributed by atoms with Gasteiger partial charge >= 0.3 is 12.1 Å². The Labute approximate surface area is 156 Å². The third-order valence-corrected chi connectivity index (χ3v) is 4.71. The SMILES string of the molecule is Cc1cc(N(C)S(C)=O)ncc1-c1cc(C(F)(F)F)ccc1OCC(=O)O. The normalized spacial score (nSPS) is 12.5. The molecule has 1 aromatic carbocycles. The van der Waals surface area contributed by atoms with Crippen LogP contribution in [-0.2, 0) is 22.0 Å². The summed E-state index contributed by atoms with van der Waals surface area (Å²) in [6, 6.07) is 4.38. The molecule has 1 N–H and O–H groups in total. The second kappa shape index (κ2) is 7.95. The second-order valence-electron chi connectivity index (χ2n) is 5.67. The number of aliphatic carboxylic acids is 1. The van der Waals surface area contributed by atoms with Gasteiger partial charge in [-0.25, -0.2) is 14.0 Å². The molecule has 2 rings (SSSR count). The lowest BCUT2D eigenvalue weighted by molar-refractivity contribution is -0.140. The first-order chi connectivity index (χ1) is 12.5. The van der Waals surface area contributed by atoms with Gasteiger partial charge in [-0.2, -0.15) is 13.2 Å². The summed E-state index contributed by atoms with van der Waals surface area (Å²) < 4.78 is 57.4. The standard InChI is InChI=1S/C17H17F3N2O4S/c1-10-6-15(22(2)27(3)25)21-8-13(10)12-7-11(17(18,19)20)4-5-14(12)26-9-16(23)24/h4-8H,9H2,1-3H3,(H,23,24). The van der Waals surface area contributed by atoms with Gasteiger partial charge in [0, 0.05) is 30.6 Å². The quantitative estimate of drug-likeness (QED) is 0.802. The summed E-state index contributed by atoms with van der Waals surface area (Å²) in [6.07, 6.45) is -1.76. The Bertz CT molecular complexity index is 887. The fraction of sp³-hybridized carbons (Fsp3) is 0.294. The van der Waals surface area contributed by atoms with E-state index in [1.807, 2.05) is 0 Å². The van der Waals surface area contributed by atoms with Crippen LogP contribution in [0.15, 0.2) is 30.5 Å². The predicted octanol–water partition coefficient (Wildman–Crippen LogP) is 3.27. The van der Waals surface area contributed by atoms with Crippen LogP contribution in [-0.4, -0.2) is 40.2 Å². The van der Waals surface area contributed by atoms with Gasteiger partial charge in [0.15, 0.2) is 6.61 Å². The summed E-state index contributed by atoms with van der Waals surface area (Å²) in [5.74, 6) is -0.870. The fourth-order valence-corrected chi connectivity index (χ4v) is 2.67. The molecule has 0 spiro atoms. The number of benzene rings is 1. The lowest BCUT2D eigenvalue weighted by Crippen LogP contribution is -2.20. The molecule has 1 aromatic heterocycles. The summed E-state index contributed by atoms with van der Waals surface area (Å²) in [5, 5.41) is 8.77. The van der Waals surface area contributed by atoms with Crippen LogP contribution in [0.1, 0.15) is 11.1 Å². The maximum atomic E-state index is 13.1. The maximum absolute atomic E-state index is 13.1. The van der Waals surface area contributed by atoms with Gasteiger partial charge in [0.2, 0.25) is 0 Å². The van der Waals surface area contributed by atoms with Crippen molar-refractivity contribution >= 4 is 22.8 Å². The van der Waals surface area contributed by atoms with Crippen LogP contribution in [0.4, 0.5) is 19.0 Å². The Morgan fingerprint density at radius 3 is 2.48 bits per heavy atom. The van der Waals surface area contributed by atoms with Gasteiger partial charge in [-0.05, 0) is 36.8 Å². The van der Waals surface area contributed by atoms with Gasteiger partial charge in [0.25, 0.3) is 0 Å². The summed E-state index contributed by atoms with van der Waals surface area (Å²) in [5.41, 5.74) is 0.0932. The molecule has 0 bridgehead atoms. The monoisotopic (exact) mass is 402 g/mol.